The normalized spacial score (nSPS) is 43.5. The first-order valence-corrected chi connectivity index (χ1v) is 29.2. The number of nitrogens with one attached hydrogen (secondary N) is 5. The van der Waals surface area contributed by atoms with Gasteiger partial charge < -0.3 is 170 Å². The Morgan fingerprint density at radius 3 is 1.11 bits per heavy atom. The van der Waals surface area contributed by atoms with Crippen molar-refractivity contribution in [1.82, 2.24) is 26.6 Å². The predicted molar refractivity (Wildman–Crippen MR) is 289 cm³/mol. The Balaban J connectivity index is 1.38. The maximum Gasteiger partial charge on any atom is 0.217 e. The highest BCUT2D eigenvalue weighted by molar-refractivity contribution is 5.75. The molecule has 5 amide bonds. The lowest BCUT2D eigenvalue weighted by Gasteiger charge is -2.51. The van der Waals surface area contributed by atoms with E-state index in [0.29, 0.717) is 0 Å². The van der Waals surface area contributed by atoms with Crippen molar-refractivity contribution < 1.29 is 168 Å². The van der Waals surface area contributed by atoms with Crippen molar-refractivity contribution in [2.24, 2.45) is 0 Å². The number of hydrogen-bond acceptors (Lipinski definition) is 34. The summed E-state index contributed by atoms with van der Waals surface area (Å²) in [6.45, 7) is 1.20. The standard InChI is InChI=1S/C52H89N5O34/c1-14-31(69)38(76)40(78)51(81-14)90-45-29(56-19(6)66)47(85-25(11-61)43(45)88-48-27(54-17(4)64)36(74)34(72)23(9-59)83-48)80-13-22(68)33(71)42(21(8-58)53-16(3)63)87-50-30(57-20(7)67)46(91-52-41(79)39(77)32(70)15(2)82-52)44(26(12-62)86-50)89-49-28(55-18(5)65)37(75)35(73)24(10-60)84-49/h14-15,21-52,58-62,68-79H,8-13H2,1-7H3,(H,53,63)(H,54,64)(H,55,65)(H,56,66)(H,57,67)/t14-,15-,21-,22+,23+,24+,25+,26+,27+,28+,29+,30+,31+,32+,33-,34-,35-,36+,37+,38+,39+,40-,41-,42+,43+,44+,45+,46+,47+,48-,49-,50-,51-,52-/m0/s1. The van der Waals surface area contributed by atoms with Gasteiger partial charge in [0, 0.05) is 34.6 Å². The topological polar surface area (TPSA) is 600 Å². The molecule has 0 unspecified atom stereocenters. The molecule has 0 bridgehead atoms. The summed E-state index contributed by atoms with van der Waals surface area (Å²) in [5, 5.41) is 198. The zero-order valence-electron chi connectivity index (χ0n) is 50.4. The van der Waals surface area contributed by atoms with Crippen LogP contribution in [0.5, 0.6) is 0 Å². The first-order valence-electron chi connectivity index (χ1n) is 29.2. The van der Waals surface area contributed by atoms with Crippen LogP contribution in [0.3, 0.4) is 0 Å². The fraction of sp³-hybridized carbons (Fsp3) is 0.904. The molecular weight excluding hydrogens is 1240 g/mol. The van der Waals surface area contributed by atoms with Crippen LogP contribution >= 0.6 is 0 Å². The van der Waals surface area contributed by atoms with E-state index in [2.05, 4.69) is 26.6 Å². The molecule has 526 valence electrons. The fourth-order valence-corrected chi connectivity index (χ4v) is 11.4. The number of aliphatic hydroxyl groups is 17. The van der Waals surface area contributed by atoms with Gasteiger partial charge in [-0.2, -0.15) is 0 Å². The molecule has 6 aliphatic rings. The van der Waals surface area contributed by atoms with Gasteiger partial charge in [0.2, 0.25) is 29.5 Å². The van der Waals surface area contributed by atoms with E-state index in [-0.39, 0.29) is 0 Å². The van der Waals surface area contributed by atoms with Gasteiger partial charge in [0.05, 0.1) is 57.9 Å². The number of amides is 5. The first-order chi connectivity index (χ1) is 42.8. The predicted octanol–water partition coefficient (Wildman–Crippen LogP) is -13.9. The monoisotopic (exact) mass is 1330 g/mol. The number of rotatable bonds is 26. The van der Waals surface area contributed by atoms with Crippen LogP contribution in [0, 0.1) is 0 Å². The molecule has 6 rings (SSSR count). The summed E-state index contributed by atoms with van der Waals surface area (Å²) in [5.41, 5.74) is 0. The fourth-order valence-electron chi connectivity index (χ4n) is 11.4. The van der Waals surface area contributed by atoms with Crippen LogP contribution in [-0.2, 0) is 80.8 Å². The molecule has 0 radical (unpaired) electrons. The summed E-state index contributed by atoms with van der Waals surface area (Å²) in [4.78, 5) is 64.1. The van der Waals surface area contributed by atoms with E-state index in [9.17, 15) is 111 Å². The quantitative estimate of drug-likeness (QED) is 0.0382. The van der Waals surface area contributed by atoms with Crippen LogP contribution in [0.2, 0.25) is 0 Å². The van der Waals surface area contributed by atoms with Gasteiger partial charge in [-0.05, 0) is 13.8 Å². The van der Waals surface area contributed by atoms with Crippen LogP contribution in [0.25, 0.3) is 0 Å². The molecule has 0 aliphatic carbocycles. The second-order valence-corrected chi connectivity index (χ2v) is 23.0. The van der Waals surface area contributed by atoms with E-state index in [0.717, 1.165) is 34.6 Å². The third-order valence-electron chi connectivity index (χ3n) is 16.1. The molecule has 39 heteroatoms. The average molecular weight is 1330 g/mol. The molecule has 91 heavy (non-hydrogen) atoms. The van der Waals surface area contributed by atoms with E-state index in [1.54, 1.807) is 0 Å². The Kier molecular flexibility index (Phi) is 28.2. The SMILES string of the molecule is CC(=O)N[C@H]1[C@H](O[C@H]2[C@H](O[C@@H]3O[C@@H](C)[C@@H](O)[C@@H](O)[C@@H]3O)[C@@H](NC(C)=O)[C@H](OC[C@@H](O)[C@H](O)[C@H](O[C@@H]3O[C@H](CO)[C@@H](O[C@@H]4O[C@H](CO)[C@H](O)[C@H](O)[C@H]4NC(C)=O)[C@H](O[C@@H]4O[C@@H](C)[C@@H](O)[C@@H](O)[C@@H]4O)[C@H]3NC(C)=O)[C@H](CO)NC(C)=O)O[C@@H]2CO)O[C@H](CO)[C@H](O)[C@@H]1O. The summed E-state index contributed by atoms with van der Waals surface area (Å²) >= 11 is 0. The van der Waals surface area contributed by atoms with Gasteiger partial charge >= 0.3 is 0 Å². The van der Waals surface area contributed by atoms with Crippen molar-refractivity contribution in [3.63, 3.8) is 0 Å². The molecule has 6 fully saturated rings. The van der Waals surface area contributed by atoms with Crippen LogP contribution < -0.4 is 26.6 Å². The van der Waals surface area contributed by atoms with E-state index in [4.69, 9.17) is 56.8 Å². The van der Waals surface area contributed by atoms with Crippen molar-refractivity contribution in [1.29, 1.82) is 0 Å². The zero-order valence-corrected chi connectivity index (χ0v) is 50.4. The van der Waals surface area contributed by atoms with Gasteiger partial charge in [0.15, 0.2) is 37.7 Å². The van der Waals surface area contributed by atoms with E-state index in [1.165, 1.54) is 13.8 Å². The van der Waals surface area contributed by atoms with Gasteiger partial charge in [-0.15, -0.1) is 0 Å². The van der Waals surface area contributed by atoms with Gasteiger partial charge in [-0.1, -0.05) is 0 Å². The lowest BCUT2D eigenvalue weighted by molar-refractivity contribution is -0.371. The summed E-state index contributed by atoms with van der Waals surface area (Å²) in [7, 11) is 0. The maximum atomic E-state index is 13.3. The zero-order chi connectivity index (χ0) is 67.8. The molecule has 0 aromatic heterocycles. The Labute approximate surface area is 519 Å². The smallest absolute Gasteiger partial charge is 0.217 e. The van der Waals surface area contributed by atoms with Gasteiger partial charge in [-0.3, -0.25) is 24.0 Å². The van der Waals surface area contributed by atoms with Gasteiger partial charge in [0.25, 0.3) is 0 Å². The minimum absolute atomic E-state index is 0.788. The second kappa shape index (κ2) is 33.7. The Morgan fingerprint density at radius 1 is 0.396 bits per heavy atom. The molecule has 0 saturated carbocycles. The van der Waals surface area contributed by atoms with Crippen molar-refractivity contribution in [3.05, 3.63) is 0 Å². The molecular formula is C52H89N5O34. The number of carbonyl (C=O) groups is 5. The lowest BCUT2D eigenvalue weighted by atomic mass is 9.93. The highest BCUT2D eigenvalue weighted by Gasteiger charge is 2.59. The maximum absolute atomic E-state index is 13.3. The number of aliphatic hydroxyl groups excluding tert-OH is 17. The molecule has 6 saturated heterocycles. The Hall–Kier alpha value is -3.81. The van der Waals surface area contributed by atoms with Crippen LogP contribution in [0.1, 0.15) is 48.5 Å². The van der Waals surface area contributed by atoms with Gasteiger partial charge in [-0.25, -0.2) is 0 Å². The van der Waals surface area contributed by atoms with Crippen molar-refractivity contribution in [3.8, 4) is 0 Å². The van der Waals surface area contributed by atoms with Crippen molar-refractivity contribution >= 4 is 29.5 Å². The highest BCUT2D eigenvalue weighted by Crippen LogP contribution is 2.37. The minimum atomic E-state index is -2.44. The first kappa shape index (κ1) is 76.2. The van der Waals surface area contributed by atoms with Crippen LogP contribution in [0.4, 0.5) is 0 Å². The third-order valence-corrected chi connectivity index (χ3v) is 16.1. The van der Waals surface area contributed by atoms with Crippen molar-refractivity contribution in [2.75, 3.05) is 39.6 Å². The lowest BCUT2D eigenvalue weighted by Crippen LogP contribution is -2.71. The Morgan fingerprint density at radius 2 is 0.747 bits per heavy atom. The van der Waals surface area contributed by atoms with Crippen LogP contribution in [0.15, 0.2) is 0 Å². The molecule has 39 nitrogen and oxygen atoms in total. The molecule has 6 heterocycles. The van der Waals surface area contributed by atoms with Crippen LogP contribution in [-0.4, -0.2) is 364 Å². The molecule has 0 aromatic carbocycles. The summed E-state index contributed by atoms with van der Waals surface area (Å²) < 4.78 is 72.6. The Bertz CT molecular complexity index is 2350. The van der Waals surface area contributed by atoms with E-state index >= 15 is 0 Å². The summed E-state index contributed by atoms with van der Waals surface area (Å²) in [6.07, 6.45) is -54.9. The van der Waals surface area contributed by atoms with Gasteiger partial charge in [0.1, 0.15) is 152 Å². The summed E-state index contributed by atoms with van der Waals surface area (Å²) in [5.74, 6) is -4.30. The third kappa shape index (κ3) is 18.2. The second-order valence-electron chi connectivity index (χ2n) is 23.0. The number of carbonyl (C=O) groups excluding carboxylic acids is 5. The van der Waals surface area contributed by atoms with E-state index in [1.807, 2.05) is 0 Å². The van der Waals surface area contributed by atoms with E-state index < -0.39 is 278 Å². The largest absolute Gasteiger partial charge is 0.394 e. The number of ether oxygens (including phenoxy) is 12. The molecule has 0 spiro atoms. The average Bonchev–Trinajstić information content (AvgIpc) is 0.802. The molecule has 6 aliphatic heterocycles. The molecule has 34 atom stereocenters. The highest BCUT2D eigenvalue weighted by atomic mass is 16.8. The molecule has 0 aromatic rings. The number of hydrogen-bond donors (Lipinski definition) is 22. The summed E-state index contributed by atoms with van der Waals surface area (Å²) in [6, 6.07) is -8.87. The van der Waals surface area contributed by atoms with Crippen molar-refractivity contribution in [2.45, 2.75) is 257 Å². The molecule has 22 N–H and O–H groups in total. The minimum Gasteiger partial charge on any atom is -0.394 e.